The number of carbonyl (C=O) groups is 1. The van der Waals surface area contributed by atoms with Crippen molar-refractivity contribution in [3.63, 3.8) is 0 Å². The molecule has 84 valence electrons. The van der Waals surface area contributed by atoms with E-state index in [-0.39, 0.29) is 5.91 Å². The molecule has 0 heterocycles. The van der Waals surface area contributed by atoms with Crippen LogP contribution in [0.3, 0.4) is 0 Å². The lowest BCUT2D eigenvalue weighted by Crippen LogP contribution is -2.32. The number of benzene rings is 1. The van der Waals surface area contributed by atoms with Crippen LogP contribution < -0.4 is 0 Å². The third-order valence-electron chi connectivity index (χ3n) is 2.44. The Kier molecular flexibility index (Phi) is 4.53. The van der Waals surface area contributed by atoms with Crippen LogP contribution >= 0.6 is 0 Å². The minimum atomic E-state index is -0.0542. The van der Waals surface area contributed by atoms with Crippen LogP contribution in [0.2, 0.25) is 0 Å². The molecule has 0 aliphatic heterocycles. The summed E-state index contributed by atoms with van der Waals surface area (Å²) in [5, 5.41) is 8.93. The summed E-state index contributed by atoms with van der Waals surface area (Å²) in [6.45, 7) is 5.39. The average Bonchev–Trinajstić information content (AvgIpc) is 2.35. The van der Waals surface area contributed by atoms with Gasteiger partial charge in [0.05, 0.1) is 17.2 Å². The molecule has 1 aromatic rings. The van der Waals surface area contributed by atoms with Gasteiger partial charge in [-0.3, -0.25) is 4.79 Å². The lowest BCUT2D eigenvalue weighted by atomic mass is 10.1. The van der Waals surface area contributed by atoms with Gasteiger partial charge in [0.25, 0.3) is 5.91 Å². The summed E-state index contributed by atoms with van der Waals surface area (Å²) in [4.78, 5) is 13.9. The van der Waals surface area contributed by atoms with Crippen LogP contribution in [-0.4, -0.2) is 23.9 Å². The second kappa shape index (κ2) is 5.92. The van der Waals surface area contributed by atoms with Gasteiger partial charge in [-0.05, 0) is 25.5 Å². The smallest absolute Gasteiger partial charge is 0.255 e. The van der Waals surface area contributed by atoms with E-state index in [1.54, 1.807) is 29.2 Å². The monoisotopic (exact) mass is 216 g/mol. The molecule has 0 aromatic heterocycles. The summed E-state index contributed by atoms with van der Waals surface area (Å²) in [6.07, 6.45) is 0.925. The quantitative estimate of drug-likeness (QED) is 0.775. The summed E-state index contributed by atoms with van der Waals surface area (Å²) in [6, 6.07) is 8.99. The first-order valence-corrected chi connectivity index (χ1v) is 5.53. The lowest BCUT2D eigenvalue weighted by Gasteiger charge is -2.20. The topological polar surface area (TPSA) is 44.1 Å². The molecule has 0 aliphatic carbocycles. The zero-order valence-electron chi connectivity index (χ0n) is 9.73. The van der Waals surface area contributed by atoms with Crippen molar-refractivity contribution in [2.75, 3.05) is 13.1 Å². The van der Waals surface area contributed by atoms with E-state index in [2.05, 4.69) is 6.07 Å². The molecule has 1 aromatic carbocycles. The number of hydrogen-bond acceptors (Lipinski definition) is 2. The van der Waals surface area contributed by atoms with Gasteiger partial charge < -0.3 is 4.90 Å². The third-order valence-corrected chi connectivity index (χ3v) is 2.44. The first-order valence-electron chi connectivity index (χ1n) is 5.53. The summed E-state index contributed by atoms with van der Waals surface area (Å²) >= 11 is 0. The van der Waals surface area contributed by atoms with Crippen molar-refractivity contribution in [2.24, 2.45) is 0 Å². The molecule has 3 heteroatoms. The SMILES string of the molecule is CCCN(CC)C(=O)c1ccccc1C#N. The van der Waals surface area contributed by atoms with Gasteiger partial charge in [0.2, 0.25) is 0 Å². The Labute approximate surface area is 96.3 Å². The van der Waals surface area contributed by atoms with E-state index >= 15 is 0 Å². The molecule has 0 spiro atoms. The van der Waals surface area contributed by atoms with Crippen LogP contribution in [0.25, 0.3) is 0 Å². The molecule has 0 aliphatic rings. The second-order valence-electron chi connectivity index (χ2n) is 3.54. The van der Waals surface area contributed by atoms with E-state index in [1.165, 1.54) is 0 Å². The van der Waals surface area contributed by atoms with Gasteiger partial charge in [0, 0.05) is 13.1 Å². The van der Waals surface area contributed by atoms with Crippen molar-refractivity contribution >= 4 is 5.91 Å². The molecule has 0 bridgehead atoms. The maximum atomic E-state index is 12.1. The van der Waals surface area contributed by atoms with Gasteiger partial charge >= 0.3 is 0 Å². The van der Waals surface area contributed by atoms with Crippen molar-refractivity contribution in [3.05, 3.63) is 35.4 Å². The largest absolute Gasteiger partial charge is 0.339 e. The van der Waals surface area contributed by atoms with Crippen LogP contribution in [-0.2, 0) is 0 Å². The minimum absolute atomic E-state index is 0.0542. The molecular formula is C13H16N2O. The van der Waals surface area contributed by atoms with Gasteiger partial charge in [-0.15, -0.1) is 0 Å². The van der Waals surface area contributed by atoms with Crippen LogP contribution in [0.1, 0.15) is 36.2 Å². The Morgan fingerprint density at radius 1 is 1.38 bits per heavy atom. The van der Waals surface area contributed by atoms with Gasteiger partial charge in [-0.1, -0.05) is 19.1 Å². The molecule has 1 rings (SSSR count). The van der Waals surface area contributed by atoms with Gasteiger partial charge in [0.15, 0.2) is 0 Å². The van der Waals surface area contributed by atoms with Crippen molar-refractivity contribution < 1.29 is 4.79 Å². The highest BCUT2D eigenvalue weighted by atomic mass is 16.2. The Morgan fingerprint density at radius 3 is 2.62 bits per heavy atom. The predicted molar refractivity (Wildman–Crippen MR) is 63.0 cm³/mol. The zero-order valence-corrected chi connectivity index (χ0v) is 9.73. The van der Waals surface area contributed by atoms with E-state index < -0.39 is 0 Å². The first kappa shape index (κ1) is 12.3. The van der Waals surface area contributed by atoms with Crippen LogP contribution in [0, 0.1) is 11.3 Å². The van der Waals surface area contributed by atoms with Crippen LogP contribution in [0.5, 0.6) is 0 Å². The van der Waals surface area contributed by atoms with Crippen molar-refractivity contribution in [3.8, 4) is 6.07 Å². The summed E-state index contributed by atoms with van der Waals surface area (Å²) in [7, 11) is 0. The second-order valence-corrected chi connectivity index (χ2v) is 3.54. The molecule has 16 heavy (non-hydrogen) atoms. The number of rotatable bonds is 4. The van der Waals surface area contributed by atoms with Crippen molar-refractivity contribution in [1.29, 1.82) is 5.26 Å². The number of amides is 1. The Morgan fingerprint density at radius 2 is 2.06 bits per heavy atom. The maximum Gasteiger partial charge on any atom is 0.255 e. The molecule has 0 atom stereocenters. The number of nitrogens with zero attached hydrogens (tertiary/aromatic N) is 2. The van der Waals surface area contributed by atoms with E-state index in [1.807, 2.05) is 13.8 Å². The Hall–Kier alpha value is -1.82. The summed E-state index contributed by atoms with van der Waals surface area (Å²) < 4.78 is 0. The summed E-state index contributed by atoms with van der Waals surface area (Å²) in [5.74, 6) is -0.0542. The normalized spacial score (nSPS) is 9.56. The first-order chi connectivity index (χ1) is 7.74. The zero-order chi connectivity index (χ0) is 12.0. The molecule has 0 fully saturated rings. The fourth-order valence-corrected chi connectivity index (χ4v) is 1.61. The predicted octanol–water partition coefficient (Wildman–Crippen LogP) is 2.43. The molecule has 3 nitrogen and oxygen atoms in total. The van der Waals surface area contributed by atoms with Crippen LogP contribution in [0.4, 0.5) is 0 Å². The Bertz CT molecular complexity index is 407. The number of nitriles is 1. The van der Waals surface area contributed by atoms with E-state index in [4.69, 9.17) is 5.26 Å². The molecule has 0 saturated carbocycles. The van der Waals surface area contributed by atoms with Gasteiger partial charge in [-0.2, -0.15) is 5.26 Å². The highest BCUT2D eigenvalue weighted by Gasteiger charge is 2.16. The Balaban J connectivity index is 2.99. The fraction of sp³-hybridized carbons (Fsp3) is 0.385. The number of hydrogen-bond donors (Lipinski definition) is 0. The third kappa shape index (κ3) is 2.60. The van der Waals surface area contributed by atoms with Crippen LogP contribution in [0.15, 0.2) is 24.3 Å². The molecule has 0 saturated heterocycles. The van der Waals surface area contributed by atoms with Crippen molar-refractivity contribution in [1.82, 2.24) is 4.90 Å². The van der Waals surface area contributed by atoms with Gasteiger partial charge in [0.1, 0.15) is 0 Å². The van der Waals surface area contributed by atoms with E-state index in [0.29, 0.717) is 17.7 Å². The fourth-order valence-electron chi connectivity index (χ4n) is 1.61. The molecule has 1 amide bonds. The number of carbonyl (C=O) groups excluding carboxylic acids is 1. The molecular weight excluding hydrogens is 200 g/mol. The lowest BCUT2D eigenvalue weighted by molar-refractivity contribution is 0.0764. The van der Waals surface area contributed by atoms with E-state index in [9.17, 15) is 4.79 Å². The highest BCUT2D eigenvalue weighted by Crippen LogP contribution is 2.11. The maximum absolute atomic E-state index is 12.1. The molecule has 0 unspecified atom stereocenters. The minimum Gasteiger partial charge on any atom is -0.339 e. The van der Waals surface area contributed by atoms with Gasteiger partial charge in [-0.25, -0.2) is 0 Å². The summed E-state index contributed by atoms with van der Waals surface area (Å²) in [5.41, 5.74) is 0.947. The van der Waals surface area contributed by atoms with Crippen molar-refractivity contribution in [2.45, 2.75) is 20.3 Å². The highest BCUT2D eigenvalue weighted by molar-refractivity contribution is 5.96. The van der Waals surface area contributed by atoms with E-state index in [0.717, 1.165) is 13.0 Å². The average molecular weight is 216 g/mol. The molecule has 0 N–H and O–H groups in total. The standard InChI is InChI=1S/C13H16N2O/c1-3-9-15(4-2)13(16)12-8-6-5-7-11(12)10-14/h5-8H,3-4,9H2,1-2H3. The molecule has 0 radical (unpaired) electrons.